The van der Waals surface area contributed by atoms with Crippen molar-refractivity contribution in [1.82, 2.24) is 9.21 Å². The summed E-state index contributed by atoms with van der Waals surface area (Å²) in [6, 6.07) is 1.70. The molecule has 0 N–H and O–H groups in total. The number of piperazine rings is 1. The van der Waals surface area contributed by atoms with Crippen molar-refractivity contribution in [3.63, 3.8) is 0 Å². The Balaban J connectivity index is 2.25. The molecule has 20 heavy (non-hydrogen) atoms. The van der Waals surface area contributed by atoms with Gasteiger partial charge in [-0.3, -0.25) is 4.90 Å². The highest BCUT2D eigenvalue weighted by Gasteiger charge is 2.34. The van der Waals surface area contributed by atoms with Gasteiger partial charge in [0.25, 0.3) is 0 Å². The molecule has 0 aromatic carbocycles. The van der Waals surface area contributed by atoms with Gasteiger partial charge in [-0.05, 0) is 29.4 Å². The molecule has 0 spiro atoms. The van der Waals surface area contributed by atoms with Gasteiger partial charge >= 0.3 is 0 Å². The molecule has 0 amide bonds. The number of furan rings is 1. The van der Waals surface area contributed by atoms with Crippen LogP contribution in [0.2, 0.25) is 0 Å². The van der Waals surface area contributed by atoms with Gasteiger partial charge in [-0.25, -0.2) is 8.42 Å². The number of hydrogen-bond acceptors (Lipinski definition) is 4. The third kappa shape index (κ3) is 3.06. The smallest absolute Gasteiger partial charge is 0.247 e. The van der Waals surface area contributed by atoms with Crippen LogP contribution in [0.25, 0.3) is 0 Å². The van der Waals surface area contributed by atoms with Crippen molar-refractivity contribution < 1.29 is 12.8 Å². The van der Waals surface area contributed by atoms with Crippen molar-refractivity contribution >= 4 is 37.6 Å². The second-order valence-electron chi connectivity index (χ2n) is 4.82. The molecule has 0 aliphatic carbocycles. The van der Waals surface area contributed by atoms with Crippen molar-refractivity contribution in [1.29, 1.82) is 0 Å². The van der Waals surface area contributed by atoms with Crippen LogP contribution < -0.4 is 0 Å². The summed E-state index contributed by atoms with van der Waals surface area (Å²) in [5, 5.41) is 0. The molecule has 8 heteroatoms. The van der Waals surface area contributed by atoms with Crippen LogP contribution in [0.5, 0.6) is 0 Å². The summed E-state index contributed by atoms with van der Waals surface area (Å²) in [5.74, 6) is 0.589. The van der Waals surface area contributed by atoms with Gasteiger partial charge < -0.3 is 4.42 Å². The summed E-state index contributed by atoms with van der Waals surface area (Å²) in [6.07, 6.45) is 0. The Bertz CT molecular complexity index is 575. The fourth-order valence-corrected chi connectivity index (χ4v) is 5.03. The molecule has 114 valence electrons. The second kappa shape index (κ2) is 6.36. The minimum absolute atomic E-state index is 0.147. The largest absolute Gasteiger partial charge is 0.452 e. The molecule has 1 fully saturated rings. The summed E-state index contributed by atoms with van der Waals surface area (Å²) < 4.78 is 32.3. The predicted molar refractivity (Wildman–Crippen MR) is 81.4 cm³/mol. The Kier molecular flexibility index (Phi) is 5.18. The summed E-state index contributed by atoms with van der Waals surface area (Å²) in [4.78, 5) is 2.42. The number of hydrogen-bond donors (Lipinski definition) is 0. The van der Waals surface area contributed by atoms with E-state index < -0.39 is 10.0 Å². The monoisotopic (exact) mass is 384 g/mol. The van der Waals surface area contributed by atoms with Crippen LogP contribution in [0, 0.1) is 0 Å². The van der Waals surface area contributed by atoms with E-state index in [1.54, 1.807) is 0 Å². The molecule has 1 saturated heterocycles. The molecule has 1 aromatic rings. The highest BCUT2D eigenvalue weighted by Crippen LogP contribution is 2.30. The van der Waals surface area contributed by atoms with Crippen molar-refractivity contribution in [3.05, 3.63) is 16.5 Å². The van der Waals surface area contributed by atoms with E-state index in [1.165, 1.54) is 10.4 Å². The zero-order valence-electron chi connectivity index (χ0n) is 11.5. The van der Waals surface area contributed by atoms with Crippen LogP contribution in [0.3, 0.4) is 0 Å². The minimum Gasteiger partial charge on any atom is -0.452 e. The van der Waals surface area contributed by atoms with E-state index in [-0.39, 0.29) is 21.5 Å². The Morgan fingerprint density at radius 1 is 1.50 bits per heavy atom. The van der Waals surface area contributed by atoms with Crippen LogP contribution in [0.1, 0.15) is 19.6 Å². The van der Waals surface area contributed by atoms with Crippen LogP contribution in [-0.4, -0.2) is 49.8 Å². The first-order valence-corrected chi connectivity index (χ1v) is 9.25. The van der Waals surface area contributed by atoms with E-state index in [9.17, 15) is 8.42 Å². The van der Waals surface area contributed by atoms with E-state index >= 15 is 0 Å². The van der Waals surface area contributed by atoms with Gasteiger partial charge in [0.1, 0.15) is 10.7 Å². The maximum atomic E-state index is 12.7. The first-order chi connectivity index (χ1) is 9.40. The molecule has 1 aromatic heterocycles. The Morgan fingerprint density at radius 2 is 2.20 bits per heavy atom. The quantitative estimate of drug-likeness (QED) is 0.747. The number of sulfonamides is 1. The first-order valence-electron chi connectivity index (χ1n) is 6.48. The minimum atomic E-state index is -3.54. The molecule has 5 nitrogen and oxygen atoms in total. The molecule has 1 aliphatic rings. The van der Waals surface area contributed by atoms with Crippen molar-refractivity contribution in [2.45, 2.75) is 30.7 Å². The van der Waals surface area contributed by atoms with E-state index in [0.29, 0.717) is 18.8 Å². The average molecular weight is 386 g/mol. The molecule has 0 radical (unpaired) electrons. The first kappa shape index (κ1) is 16.3. The Labute approximate surface area is 133 Å². The Hall–Kier alpha value is -0.0800. The SMILES string of the molecule is CCN1CCN(S(=O)(=O)c2cc(CCl)oc2Br)CC1C. The molecule has 1 aliphatic heterocycles. The number of rotatable bonds is 4. The third-order valence-corrected chi connectivity index (χ3v) is 6.58. The highest BCUT2D eigenvalue weighted by molar-refractivity contribution is 9.10. The lowest BCUT2D eigenvalue weighted by Crippen LogP contribution is -2.53. The molecule has 0 saturated carbocycles. The topological polar surface area (TPSA) is 53.8 Å². The highest BCUT2D eigenvalue weighted by atomic mass is 79.9. The number of halogens is 2. The van der Waals surface area contributed by atoms with E-state index in [4.69, 9.17) is 16.0 Å². The summed E-state index contributed by atoms with van der Waals surface area (Å²) in [6.45, 7) is 6.79. The van der Waals surface area contributed by atoms with E-state index in [1.807, 2.05) is 6.92 Å². The van der Waals surface area contributed by atoms with Gasteiger partial charge in [0.15, 0.2) is 4.67 Å². The summed E-state index contributed by atoms with van der Waals surface area (Å²) in [7, 11) is -3.54. The van der Waals surface area contributed by atoms with Gasteiger partial charge in [-0.2, -0.15) is 4.31 Å². The molecule has 2 heterocycles. The molecular weight excluding hydrogens is 368 g/mol. The predicted octanol–water partition coefficient (Wildman–Crippen LogP) is 2.50. The van der Waals surface area contributed by atoms with Gasteiger partial charge in [0, 0.05) is 31.7 Å². The zero-order valence-corrected chi connectivity index (χ0v) is 14.6. The molecule has 1 unspecified atom stereocenters. The number of likely N-dealkylation sites (N-methyl/N-ethyl adjacent to an activating group) is 1. The van der Waals surface area contributed by atoms with Crippen molar-refractivity contribution in [3.8, 4) is 0 Å². The lowest BCUT2D eigenvalue weighted by atomic mass is 10.2. The van der Waals surface area contributed by atoms with Gasteiger partial charge in [-0.1, -0.05) is 6.92 Å². The lowest BCUT2D eigenvalue weighted by molar-refractivity contribution is 0.135. The van der Waals surface area contributed by atoms with Crippen LogP contribution in [0.15, 0.2) is 20.0 Å². The van der Waals surface area contributed by atoms with Crippen LogP contribution in [-0.2, 0) is 15.9 Å². The zero-order chi connectivity index (χ0) is 14.9. The van der Waals surface area contributed by atoms with E-state index in [0.717, 1.165) is 13.1 Å². The maximum Gasteiger partial charge on any atom is 0.247 e. The summed E-state index contributed by atoms with van der Waals surface area (Å²) in [5.41, 5.74) is 0. The lowest BCUT2D eigenvalue weighted by Gasteiger charge is -2.38. The average Bonchev–Trinajstić information content (AvgIpc) is 2.80. The fourth-order valence-electron chi connectivity index (χ4n) is 2.43. The number of alkyl halides is 1. The van der Waals surface area contributed by atoms with Gasteiger partial charge in [0.05, 0.1) is 5.88 Å². The second-order valence-corrected chi connectivity index (χ2v) is 7.72. The third-order valence-electron chi connectivity index (χ3n) is 3.59. The Morgan fingerprint density at radius 3 is 2.70 bits per heavy atom. The van der Waals surface area contributed by atoms with Crippen LogP contribution >= 0.6 is 27.5 Å². The van der Waals surface area contributed by atoms with Crippen molar-refractivity contribution in [2.75, 3.05) is 26.2 Å². The van der Waals surface area contributed by atoms with E-state index in [2.05, 4.69) is 27.8 Å². The maximum absolute atomic E-state index is 12.7. The standard InChI is InChI=1S/C12H18BrClN2O3S/c1-3-15-4-5-16(8-9(15)2)20(17,18)11-6-10(7-14)19-12(11)13/h6,9H,3-5,7-8H2,1-2H3. The number of nitrogens with zero attached hydrogens (tertiary/aromatic N) is 2. The van der Waals surface area contributed by atoms with Crippen LogP contribution in [0.4, 0.5) is 0 Å². The summed E-state index contributed by atoms with van der Waals surface area (Å²) >= 11 is 8.84. The molecule has 1 atom stereocenters. The fraction of sp³-hybridized carbons (Fsp3) is 0.667. The van der Waals surface area contributed by atoms with Gasteiger partial charge in [-0.15, -0.1) is 11.6 Å². The normalized spacial score (nSPS) is 22.3. The molecular formula is C12H18BrClN2O3S. The van der Waals surface area contributed by atoms with Gasteiger partial charge in [0.2, 0.25) is 10.0 Å². The van der Waals surface area contributed by atoms with Crippen molar-refractivity contribution in [2.24, 2.45) is 0 Å². The molecule has 0 bridgehead atoms. The molecule has 2 rings (SSSR count).